The molecule has 0 aliphatic heterocycles. The van der Waals surface area contributed by atoms with Crippen LogP contribution in [0.25, 0.3) is 10.9 Å². The van der Waals surface area contributed by atoms with Crippen molar-refractivity contribution >= 4 is 39.9 Å². The molecule has 26 heavy (non-hydrogen) atoms. The Morgan fingerprint density at radius 2 is 1.65 bits per heavy atom. The van der Waals surface area contributed by atoms with Crippen molar-refractivity contribution in [1.82, 2.24) is 4.98 Å². The summed E-state index contributed by atoms with van der Waals surface area (Å²) in [6.45, 7) is 0. The number of aromatic nitrogens is 1. The lowest BCUT2D eigenvalue weighted by Crippen LogP contribution is -1.96. The van der Waals surface area contributed by atoms with Crippen LogP contribution in [-0.4, -0.2) is 24.5 Å². The van der Waals surface area contributed by atoms with Crippen LogP contribution in [0.4, 0.5) is 17.1 Å². The smallest absolute Gasteiger partial charge is 0.162 e. The number of rotatable bonds is 7. The molecule has 1 fully saturated rings. The number of benzene rings is 2. The number of hydrogen-bond acceptors (Lipinski definition) is 6. The summed E-state index contributed by atoms with van der Waals surface area (Å²) in [6, 6.07) is 14.1. The molecule has 2 aromatic carbocycles. The fourth-order valence-electron chi connectivity index (χ4n) is 2.70. The summed E-state index contributed by atoms with van der Waals surface area (Å²) in [5, 5.41) is 5.23. The summed E-state index contributed by atoms with van der Waals surface area (Å²) >= 11 is 1.81. The molecule has 0 radical (unpaired) electrons. The topological polar surface area (TPSA) is 55.4 Å². The first-order chi connectivity index (χ1) is 12.8. The van der Waals surface area contributed by atoms with Crippen LogP contribution in [0.15, 0.2) is 48.7 Å². The third kappa shape index (κ3) is 3.65. The molecule has 3 aromatic rings. The van der Waals surface area contributed by atoms with Crippen molar-refractivity contribution in [1.29, 1.82) is 0 Å². The first kappa shape index (κ1) is 16.8. The Morgan fingerprint density at radius 3 is 2.35 bits per heavy atom. The first-order valence-electron chi connectivity index (χ1n) is 8.56. The molecule has 1 heterocycles. The molecule has 4 rings (SSSR count). The normalized spacial score (nSPS) is 13.5. The summed E-state index contributed by atoms with van der Waals surface area (Å²) in [6.07, 6.45) is 4.43. The number of nitrogens with zero attached hydrogens (tertiary/aromatic N) is 1. The van der Waals surface area contributed by atoms with Crippen LogP contribution < -0.4 is 19.5 Å². The van der Waals surface area contributed by atoms with Crippen molar-refractivity contribution in [3.63, 3.8) is 0 Å². The number of nitrogens with one attached hydrogen (secondary N) is 2. The van der Waals surface area contributed by atoms with Crippen LogP contribution in [0, 0.1) is 0 Å². The molecule has 0 atom stereocenters. The van der Waals surface area contributed by atoms with E-state index in [1.165, 1.54) is 12.8 Å². The molecular weight excluding hydrogens is 346 g/mol. The van der Waals surface area contributed by atoms with Gasteiger partial charge in [0.25, 0.3) is 0 Å². The number of fused-ring (bicyclic) bond motifs is 1. The molecule has 1 aliphatic carbocycles. The number of ether oxygens (including phenoxy) is 2. The highest BCUT2D eigenvalue weighted by molar-refractivity contribution is 8.01. The molecular formula is C20H21N3O2S. The molecule has 1 aliphatic rings. The minimum absolute atomic E-state index is 0.674. The molecule has 134 valence electrons. The van der Waals surface area contributed by atoms with Gasteiger partial charge in [0.15, 0.2) is 11.5 Å². The van der Waals surface area contributed by atoms with E-state index in [0.717, 1.165) is 33.2 Å². The Bertz CT molecular complexity index is 911. The van der Waals surface area contributed by atoms with Crippen LogP contribution in [0.5, 0.6) is 11.5 Å². The molecule has 0 amide bonds. The Labute approximate surface area is 157 Å². The van der Waals surface area contributed by atoms with Crippen LogP contribution in [0.3, 0.4) is 0 Å². The zero-order valence-electron chi connectivity index (χ0n) is 14.8. The van der Waals surface area contributed by atoms with Crippen LogP contribution in [0.1, 0.15) is 12.8 Å². The standard InChI is InChI=1S/C20H21N3O2S/c1-24-19-11-16-17(9-10-21-18(16)12-20(19)25-2)22-13-3-5-14(6-4-13)23-26-15-7-8-15/h3-6,9-12,15,23H,7-8H2,1-2H3,(H,21,22). The quantitative estimate of drug-likeness (QED) is 0.559. The highest BCUT2D eigenvalue weighted by atomic mass is 32.2. The third-order valence-corrected chi connectivity index (χ3v) is 5.44. The maximum absolute atomic E-state index is 5.43. The fraction of sp³-hybridized carbons (Fsp3) is 0.250. The van der Waals surface area contributed by atoms with Gasteiger partial charge in [0.1, 0.15) is 0 Å². The molecule has 6 heteroatoms. The van der Waals surface area contributed by atoms with Crippen molar-refractivity contribution in [2.45, 2.75) is 18.1 Å². The number of hydrogen-bond donors (Lipinski definition) is 2. The fourth-order valence-corrected chi connectivity index (χ4v) is 3.51. The van der Waals surface area contributed by atoms with E-state index in [1.54, 1.807) is 20.4 Å². The van der Waals surface area contributed by atoms with E-state index in [1.807, 2.05) is 30.1 Å². The lowest BCUT2D eigenvalue weighted by molar-refractivity contribution is 0.356. The first-order valence-corrected chi connectivity index (χ1v) is 9.44. The van der Waals surface area contributed by atoms with Crippen LogP contribution in [0.2, 0.25) is 0 Å². The summed E-state index contributed by atoms with van der Waals surface area (Å²) in [5.41, 5.74) is 3.98. The van der Waals surface area contributed by atoms with Gasteiger partial charge in [-0.3, -0.25) is 4.98 Å². The summed E-state index contributed by atoms with van der Waals surface area (Å²) < 4.78 is 14.2. The van der Waals surface area contributed by atoms with Crippen molar-refractivity contribution in [2.75, 3.05) is 24.3 Å². The highest BCUT2D eigenvalue weighted by Gasteiger charge is 2.21. The molecule has 5 nitrogen and oxygen atoms in total. The Kier molecular flexibility index (Phi) is 4.75. The van der Waals surface area contributed by atoms with E-state index in [0.29, 0.717) is 11.5 Å². The van der Waals surface area contributed by atoms with Gasteiger partial charge in [-0.2, -0.15) is 0 Å². The minimum Gasteiger partial charge on any atom is -0.493 e. The monoisotopic (exact) mass is 367 g/mol. The molecule has 0 spiro atoms. The zero-order valence-corrected chi connectivity index (χ0v) is 15.6. The second-order valence-electron chi connectivity index (χ2n) is 6.20. The van der Waals surface area contributed by atoms with Gasteiger partial charge in [-0.15, -0.1) is 0 Å². The van der Waals surface area contributed by atoms with Gasteiger partial charge in [-0.1, -0.05) is 0 Å². The van der Waals surface area contributed by atoms with Crippen molar-refractivity contribution in [2.24, 2.45) is 0 Å². The molecule has 0 bridgehead atoms. The maximum atomic E-state index is 5.43. The molecule has 1 saturated carbocycles. The third-order valence-electron chi connectivity index (χ3n) is 4.28. The molecule has 2 N–H and O–H groups in total. The molecule has 1 aromatic heterocycles. The molecule has 0 saturated heterocycles. The van der Waals surface area contributed by atoms with E-state index in [2.05, 4.69) is 39.3 Å². The van der Waals surface area contributed by atoms with E-state index in [-0.39, 0.29) is 0 Å². The SMILES string of the molecule is COc1cc2nccc(Nc3ccc(NSC4CC4)cc3)c2cc1OC. The number of pyridine rings is 1. The van der Waals surface area contributed by atoms with Gasteiger partial charge in [-0.25, -0.2) is 0 Å². The van der Waals surface area contributed by atoms with Crippen molar-refractivity contribution in [3.05, 3.63) is 48.7 Å². The Hall–Kier alpha value is -2.60. The van der Waals surface area contributed by atoms with E-state index >= 15 is 0 Å². The van der Waals surface area contributed by atoms with E-state index in [9.17, 15) is 0 Å². The lowest BCUT2D eigenvalue weighted by Gasteiger charge is -2.13. The predicted octanol–water partition coefficient (Wildman–Crippen LogP) is 5.22. The van der Waals surface area contributed by atoms with Crippen LogP contribution in [-0.2, 0) is 0 Å². The maximum Gasteiger partial charge on any atom is 0.162 e. The molecule has 0 unspecified atom stereocenters. The van der Waals surface area contributed by atoms with E-state index < -0.39 is 0 Å². The van der Waals surface area contributed by atoms with Gasteiger partial charge in [0.2, 0.25) is 0 Å². The Morgan fingerprint density at radius 1 is 0.962 bits per heavy atom. The van der Waals surface area contributed by atoms with Crippen LogP contribution >= 0.6 is 11.9 Å². The van der Waals surface area contributed by atoms with Gasteiger partial charge >= 0.3 is 0 Å². The summed E-state index contributed by atoms with van der Waals surface area (Å²) in [4.78, 5) is 4.44. The van der Waals surface area contributed by atoms with Gasteiger partial charge in [-0.05, 0) is 61.2 Å². The average Bonchev–Trinajstić information content (AvgIpc) is 3.51. The number of anilines is 3. The predicted molar refractivity (Wildman–Crippen MR) is 109 cm³/mol. The van der Waals surface area contributed by atoms with Crippen molar-refractivity contribution in [3.8, 4) is 11.5 Å². The minimum atomic E-state index is 0.674. The second kappa shape index (κ2) is 7.33. The van der Waals surface area contributed by atoms with Gasteiger partial charge in [0.05, 0.1) is 19.7 Å². The second-order valence-corrected chi connectivity index (χ2v) is 7.31. The summed E-state index contributed by atoms with van der Waals surface area (Å²) in [5.74, 6) is 1.36. The number of methoxy groups -OCH3 is 2. The van der Waals surface area contributed by atoms with Gasteiger partial charge < -0.3 is 19.5 Å². The average molecular weight is 367 g/mol. The van der Waals surface area contributed by atoms with E-state index in [4.69, 9.17) is 9.47 Å². The Balaban J connectivity index is 1.57. The largest absolute Gasteiger partial charge is 0.493 e. The lowest BCUT2D eigenvalue weighted by atomic mass is 10.1. The van der Waals surface area contributed by atoms with Crippen molar-refractivity contribution < 1.29 is 9.47 Å². The van der Waals surface area contributed by atoms with Gasteiger partial charge in [0, 0.05) is 40.0 Å². The summed E-state index contributed by atoms with van der Waals surface area (Å²) in [7, 11) is 3.27. The zero-order chi connectivity index (χ0) is 17.9. The highest BCUT2D eigenvalue weighted by Crippen LogP contribution is 2.36.